The lowest BCUT2D eigenvalue weighted by atomic mass is 9.90. The maximum atomic E-state index is 14.2. The van der Waals surface area contributed by atoms with Crippen LogP contribution >= 0.6 is 0 Å². The van der Waals surface area contributed by atoms with Crippen LogP contribution in [-0.2, 0) is 11.3 Å². The van der Waals surface area contributed by atoms with Crippen molar-refractivity contribution < 1.29 is 9.59 Å². The van der Waals surface area contributed by atoms with E-state index in [0.717, 1.165) is 53.8 Å². The van der Waals surface area contributed by atoms with E-state index in [1.807, 2.05) is 45.0 Å². The van der Waals surface area contributed by atoms with Crippen LogP contribution in [0, 0.1) is 13.8 Å². The summed E-state index contributed by atoms with van der Waals surface area (Å²) in [5, 5.41) is 8.12. The Morgan fingerprint density at radius 2 is 1.76 bits per heavy atom. The van der Waals surface area contributed by atoms with Gasteiger partial charge in [0.1, 0.15) is 11.2 Å². The van der Waals surface area contributed by atoms with Gasteiger partial charge in [0.25, 0.3) is 5.91 Å². The Morgan fingerprint density at radius 1 is 1.05 bits per heavy atom. The molecule has 0 bridgehead atoms. The highest BCUT2D eigenvalue weighted by Crippen LogP contribution is 2.37. The fourth-order valence-corrected chi connectivity index (χ4v) is 5.70. The van der Waals surface area contributed by atoms with Gasteiger partial charge >= 0.3 is 0 Å². The van der Waals surface area contributed by atoms with Gasteiger partial charge in [0.2, 0.25) is 5.91 Å². The Hall–Kier alpha value is -3.41. The van der Waals surface area contributed by atoms with Gasteiger partial charge in [0.15, 0.2) is 0 Å². The highest BCUT2D eigenvalue weighted by atomic mass is 16.2. The molecule has 1 aliphatic heterocycles. The van der Waals surface area contributed by atoms with Crippen LogP contribution in [0.5, 0.6) is 0 Å². The number of benzene rings is 2. The molecular formula is C31H38N4O2. The topological polar surface area (TPSA) is 67.2 Å². The first kappa shape index (κ1) is 25.2. The maximum absolute atomic E-state index is 14.2. The number of amides is 2. The molecule has 2 aliphatic rings. The standard InChI is InChI=1S/C31H38N4O2/c1-20(2)23-14-16-24(17-15-23)26-18-28-29(36)35(27-13-9-10-21(3)22(27)4)31(5,19-34(28)33-26)30(37)32-25-11-7-6-8-12-25/h9-10,13-18,20,25H,6-8,11-12,19H2,1-5H3,(H,32,37)/t31-/m0/s1. The number of hydrogen-bond donors (Lipinski definition) is 1. The normalized spacial score (nSPS) is 20.3. The minimum absolute atomic E-state index is 0.113. The Balaban J connectivity index is 1.56. The van der Waals surface area contributed by atoms with Crippen molar-refractivity contribution >= 4 is 17.5 Å². The maximum Gasteiger partial charge on any atom is 0.277 e. The lowest BCUT2D eigenvalue weighted by molar-refractivity contribution is -0.127. The second-order valence-electron chi connectivity index (χ2n) is 11.3. The van der Waals surface area contributed by atoms with Crippen LogP contribution in [0.1, 0.15) is 86.0 Å². The molecule has 0 unspecified atom stereocenters. The summed E-state index contributed by atoms with van der Waals surface area (Å²) < 4.78 is 1.73. The molecule has 1 fully saturated rings. The third-order valence-electron chi connectivity index (χ3n) is 8.27. The monoisotopic (exact) mass is 498 g/mol. The molecule has 1 aromatic heterocycles. The number of fused-ring (bicyclic) bond motifs is 1. The lowest BCUT2D eigenvalue weighted by Gasteiger charge is -2.44. The van der Waals surface area contributed by atoms with E-state index >= 15 is 0 Å². The van der Waals surface area contributed by atoms with Crippen molar-refractivity contribution in [3.63, 3.8) is 0 Å². The summed E-state index contributed by atoms with van der Waals surface area (Å²) in [6.07, 6.45) is 5.45. The van der Waals surface area contributed by atoms with Crippen molar-refractivity contribution in [2.75, 3.05) is 4.90 Å². The number of aromatic nitrogens is 2. The summed E-state index contributed by atoms with van der Waals surface area (Å²) in [6, 6.07) is 16.3. The van der Waals surface area contributed by atoms with Gasteiger partial charge in [-0.1, -0.05) is 69.5 Å². The van der Waals surface area contributed by atoms with Crippen LogP contribution in [0.4, 0.5) is 5.69 Å². The quantitative estimate of drug-likeness (QED) is 0.458. The summed E-state index contributed by atoms with van der Waals surface area (Å²) in [5.41, 5.74) is 5.24. The third-order valence-corrected chi connectivity index (χ3v) is 8.27. The molecule has 2 heterocycles. The average Bonchev–Trinajstić information content (AvgIpc) is 3.31. The van der Waals surface area contributed by atoms with Gasteiger partial charge in [0, 0.05) is 17.3 Å². The number of nitrogens with zero attached hydrogens (tertiary/aromatic N) is 3. The molecule has 5 rings (SSSR count). The zero-order valence-electron chi connectivity index (χ0n) is 22.7. The van der Waals surface area contributed by atoms with Crippen molar-refractivity contribution in [3.05, 3.63) is 70.9 Å². The number of anilines is 1. The van der Waals surface area contributed by atoms with E-state index in [4.69, 9.17) is 5.10 Å². The van der Waals surface area contributed by atoms with Crippen LogP contribution in [0.3, 0.4) is 0 Å². The van der Waals surface area contributed by atoms with Crippen LogP contribution in [0.2, 0.25) is 0 Å². The molecular weight excluding hydrogens is 460 g/mol. The molecule has 0 spiro atoms. The number of rotatable bonds is 5. The van der Waals surface area contributed by atoms with Gasteiger partial charge in [-0.25, -0.2) is 0 Å². The summed E-state index contributed by atoms with van der Waals surface area (Å²) in [6.45, 7) is 10.6. The van der Waals surface area contributed by atoms with E-state index in [9.17, 15) is 9.59 Å². The molecule has 2 aromatic carbocycles. The largest absolute Gasteiger partial charge is 0.351 e. The number of hydrogen-bond acceptors (Lipinski definition) is 3. The van der Waals surface area contributed by atoms with Crippen molar-refractivity contribution in [1.82, 2.24) is 15.1 Å². The smallest absolute Gasteiger partial charge is 0.277 e. The average molecular weight is 499 g/mol. The minimum Gasteiger partial charge on any atom is -0.351 e. The van der Waals surface area contributed by atoms with Crippen LogP contribution in [0.25, 0.3) is 11.3 Å². The van der Waals surface area contributed by atoms with Gasteiger partial charge in [-0.05, 0) is 68.4 Å². The van der Waals surface area contributed by atoms with Crippen molar-refractivity contribution in [3.8, 4) is 11.3 Å². The van der Waals surface area contributed by atoms with E-state index in [1.165, 1.54) is 12.0 Å². The second kappa shape index (κ2) is 9.81. The minimum atomic E-state index is -1.11. The van der Waals surface area contributed by atoms with Gasteiger partial charge in [0.05, 0.1) is 12.2 Å². The lowest BCUT2D eigenvalue weighted by Crippen LogP contribution is -2.65. The van der Waals surface area contributed by atoms with E-state index in [-0.39, 0.29) is 17.9 Å². The van der Waals surface area contributed by atoms with Gasteiger partial charge in [-0.15, -0.1) is 0 Å². The van der Waals surface area contributed by atoms with Crippen molar-refractivity contribution in [2.24, 2.45) is 0 Å². The van der Waals surface area contributed by atoms with Crippen LogP contribution < -0.4 is 10.2 Å². The Bertz CT molecular complexity index is 1320. The SMILES string of the molecule is Cc1cccc(N2C(=O)c3cc(-c4ccc(C(C)C)cc4)nn3C[C@@]2(C)C(=O)NC2CCCCC2)c1C. The Labute approximate surface area is 220 Å². The summed E-state index contributed by atoms with van der Waals surface area (Å²) in [4.78, 5) is 29.8. The first-order valence-corrected chi connectivity index (χ1v) is 13.6. The van der Waals surface area contributed by atoms with E-state index in [1.54, 1.807) is 9.58 Å². The van der Waals surface area contributed by atoms with Crippen LogP contribution in [0.15, 0.2) is 48.5 Å². The number of aryl methyl sites for hydroxylation is 1. The fraction of sp³-hybridized carbons (Fsp3) is 0.452. The molecule has 0 saturated heterocycles. The van der Waals surface area contributed by atoms with Crippen LogP contribution in [-0.4, -0.2) is 33.2 Å². The number of carbonyl (C=O) groups is 2. The van der Waals surface area contributed by atoms with Gasteiger partial charge in [-0.3, -0.25) is 19.2 Å². The van der Waals surface area contributed by atoms with Gasteiger partial charge in [-0.2, -0.15) is 5.10 Å². The molecule has 2 amide bonds. The molecule has 3 aromatic rings. The summed E-state index contributed by atoms with van der Waals surface area (Å²) >= 11 is 0. The van der Waals surface area contributed by atoms with Crippen molar-refractivity contribution in [1.29, 1.82) is 0 Å². The number of nitrogens with one attached hydrogen (secondary N) is 1. The molecule has 194 valence electrons. The first-order valence-electron chi connectivity index (χ1n) is 13.6. The zero-order valence-corrected chi connectivity index (χ0v) is 22.7. The number of carbonyl (C=O) groups excluding carboxylic acids is 2. The molecule has 6 heteroatoms. The predicted molar refractivity (Wildman–Crippen MR) is 148 cm³/mol. The Kier molecular flexibility index (Phi) is 6.69. The molecule has 6 nitrogen and oxygen atoms in total. The summed E-state index contributed by atoms with van der Waals surface area (Å²) in [5.74, 6) is 0.136. The fourth-order valence-electron chi connectivity index (χ4n) is 5.70. The summed E-state index contributed by atoms with van der Waals surface area (Å²) in [7, 11) is 0. The molecule has 37 heavy (non-hydrogen) atoms. The first-order chi connectivity index (χ1) is 17.7. The third kappa shape index (κ3) is 4.58. The van der Waals surface area contributed by atoms with E-state index < -0.39 is 5.54 Å². The highest BCUT2D eigenvalue weighted by molar-refractivity contribution is 6.12. The molecule has 0 radical (unpaired) electrons. The second-order valence-corrected chi connectivity index (χ2v) is 11.3. The molecule has 1 N–H and O–H groups in total. The van der Waals surface area contributed by atoms with E-state index in [0.29, 0.717) is 18.2 Å². The Morgan fingerprint density at radius 3 is 2.43 bits per heavy atom. The molecule has 1 atom stereocenters. The van der Waals surface area contributed by atoms with Gasteiger partial charge < -0.3 is 5.32 Å². The van der Waals surface area contributed by atoms with E-state index in [2.05, 4.69) is 43.4 Å². The molecule has 1 saturated carbocycles. The predicted octanol–water partition coefficient (Wildman–Crippen LogP) is 6.16. The molecule has 1 aliphatic carbocycles. The van der Waals surface area contributed by atoms with Crippen molar-refractivity contribution in [2.45, 2.75) is 90.8 Å². The zero-order chi connectivity index (χ0) is 26.3. The highest BCUT2D eigenvalue weighted by Gasteiger charge is 2.49.